The van der Waals surface area contributed by atoms with E-state index in [4.69, 9.17) is 4.74 Å². The summed E-state index contributed by atoms with van der Waals surface area (Å²) in [5.74, 6) is -1.48. The molecule has 1 atom stereocenters. The molecule has 0 heterocycles. The van der Waals surface area contributed by atoms with Gasteiger partial charge >= 0.3 is 5.97 Å². The number of methoxy groups -OCH3 is 1. The fraction of sp³-hybridized carbons (Fsp3) is 0.333. The first-order chi connectivity index (χ1) is 13.5. The summed E-state index contributed by atoms with van der Waals surface area (Å²) in [5.41, 5.74) is 1.43. The van der Waals surface area contributed by atoms with E-state index in [0.717, 1.165) is 5.56 Å². The molecule has 0 aliphatic rings. The standard InChI is InChI=1S/C21H24N2O6/c1-21(2,3)15-7-5-13(6-8-15)19(24)22-17(20(25)26)12-14-11-16(23(27)28)9-10-18(14)29-4/h5-11,17H,12H2,1-4H3,(H,22,24)(H,25,26)/t17-/m0/s1. The predicted octanol–water partition coefficient (Wildman–Crippen LogP) is 3.33. The Hall–Kier alpha value is -3.42. The summed E-state index contributed by atoms with van der Waals surface area (Å²) in [5, 5.41) is 23.0. The van der Waals surface area contributed by atoms with Crippen LogP contribution in [-0.2, 0) is 16.6 Å². The molecule has 29 heavy (non-hydrogen) atoms. The van der Waals surface area contributed by atoms with Crippen LogP contribution in [-0.4, -0.2) is 35.1 Å². The number of benzene rings is 2. The highest BCUT2D eigenvalue weighted by Crippen LogP contribution is 2.26. The van der Waals surface area contributed by atoms with E-state index in [1.54, 1.807) is 12.1 Å². The third-order valence-corrected chi connectivity index (χ3v) is 4.52. The van der Waals surface area contributed by atoms with Crippen LogP contribution in [0.4, 0.5) is 5.69 Å². The lowest BCUT2D eigenvalue weighted by Gasteiger charge is -2.19. The molecule has 0 spiro atoms. The smallest absolute Gasteiger partial charge is 0.326 e. The SMILES string of the molecule is COc1ccc([N+](=O)[O-])cc1C[C@H](NC(=O)c1ccc(C(C)(C)C)cc1)C(=O)O. The number of nitro groups is 1. The molecule has 2 aromatic rings. The van der Waals surface area contributed by atoms with Crippen molar-refractivity contribution >= 4 is 17.6 Å². The van der Waals surface area contributed by atoms with Crippen molar-refractivity contribution in [1.82, 2.24) is 5.32 Å². The largest absolute Gasteiger partial charge is 0.496 e. The second-order valence-electron chi connectivity index (χ2n) is 7.65. The van der Waals surface area contributed by atoms with Crippen molar-refractivity contribution in [3.8, 4) is 5.75 Å². The molecule has 0 aromatic heterocycles. The van der Waals surface area contributed by atoms with Gasteiger partial charge in [-0.15, -0.1) is 0 Å². The molecule has 8 nitrogen and oxygen atoms in total. The zero-order valence-electron chi connectivity index (χ0n) is 16.8. The molecule has 0 aliphatic carbocycles. The number of carboxylic acids is 1. The van der Waals surface area contributed by atoms with E-state index in [2.05, 4.69) is 26.1 Å². The molecule has 2 aromatic carbocycles. The Labute approximate surface area is 168 Å². The van der Waals surface area contributed by atoms with Gasteiger partial charge in [0.25, 0.3) is 11.6 Å². The number of carbonyl (C=O) groups is 2. The van der Waals surface area contributed by atoms with Gasteiger partial charge in [0.15, 0.2) is 0 Å². The number of carbonyl (C=O) groups excluding carboxylic acids is 1. The highest BCUT2D eigenvalue weighted by molar-refractivity contribution is 5.96. The monoisotopic (exact) mass is 400 g/mol. The molecular formula is C21H24N2O6. The second kappa shape index (κ2) is 8.72. The van der Waals surface area contributed by atoms with E-state index in [1.807, 2.05) is 12.1 Å². The molecular weight excluding hydrogens is 376 g/mol. The summed E-state index contributed by atoms with van der Waals surface area (Å²) < 4.78 is 5.17. The first kappa shape index (κ1) is 21.9. The average molecular weight is 400 g/mol. The molecule has 1 amide bonds. The minimum atomic E-state index is -1.28. The average Bonchev–Trinajstić information content (AvgIpc) is 2.66. The van der Waals surface area contributed by atoms with Crippen molar-refractivity contribution in [2.45, 2.75) is 38.6 Å². The number of amides is 1. The molecule has 0 fully saturated rings. The number of nitrogens with zero attached hydrogens (tertiary/aromatic N) is 1. The van der Waals surface area contributed by atoms with E-state index < -0.39 is 22.8 Å². The van der Waals surface area contributed by atoms with Crippen molar-refractivity contribution in [1.29, 1.82) is 0 Å². The topological polar surface area (TPSA) is 119 Å². The van der Waals surface area contributed by atoms with Crippen molar-refractivity contribution in [2.24, 2.45) is 0 Å². The van der Waals surface area contributed by atoms with Crippen LogP contribution in [0, 0.1) is 10.1 Å². The van der Waals surface area contributed by atoms with E-state index in [-0.39, 0.29) is 17.5 Å². The number of non-ortho nitro benzene ring substituents is 1. The van der Waals surface area contributed by atoms with Crippen molar-refractivity contribution in [3.63, 3.8) is 0 Å². The van der Waals surface area contributed by atoms with Gasteiger partial charge in [0.2, 0.25) is 0 Å². The molecule has 0 bridgehead atoms. The number of aliphatic carboxylic acids is 1. The third kappa shape index (κ3) is 5.54. The van der Waals surface area contributed by atoms with Gasteiger partial charge in [0.1, 0.15) is 11.8 Å². The van der Waals surface area contributed by atoms with Crippen LogP contribution in [0.2, 0.25) is 0 Å². The molecule has 0 saturated carbocycles. The molecule has 8 heteroatoms. The lowest BCUT2D eigenvalue weighted by atomic mass is 9.86. The number of ether oxygens (including phenoxy) is 1. The van der Waals surface area contributed by atoms with Crippen molar-refractivity contribution in [2.75, 3.05) is 7.11 Å². The maximum atomic E-state index is 12.5. The number of carboxylic acid groups (broad SMARTS) is 1. The third-order valence-electron chi connectivity index (χ3n) is 4.52. The minimum absolute atomic E-state index is 0.0722. The molecule has 2 rings (SSSR count). The number of hydrogen-bond donors (Lipinski definition) is 2. The second-order valence-corrected chi connectivity index (χ2v) is 7.65. The summed E-state index contributed by atoms with van der Waals surface area (Å²) in [4.78, 5) is 34.6. The summed E-state index contributed by atoms with van der Waals surface area (Å²) in [7, 11) is 1.38. The Kier molecular flexibility index (Phi) is 6.58. The quantitative estimate of drug-likeness (QED) is 0.544. The lowest BCUT2D eigenvalue weighted by Crippen LogP contribution is -2.42. The zero-order valence-corrected chi connectivity index (χ0v) is 16.8. The van der Waals surface area contributed by atoms with Crippen LogP contribution in [0.15, 0.2) is 42.5 Å². The van der Waals surface area contributed by atoms with Gasteiger partial charge in [0.05, 0.1) is 12.0 Å². The van der Waals surface area contributed by atoms with Gasteiger partial charge in [-0.05, 0) is 29.2 Å². The fourth-order valence-corrected chi connectivity index (χ4v) is 2.82. The number of hydrogen-bond acceptors (Lipinski definition) is 5. The van der Waals surface area contributed by atoms with Crippen LogP contribution < -0.4 is 10.1 Å². The Morgan fingerprint density at radius 3 is 2.28 bits per heavy atom. The first-order valence-corrected chi connectivity index (χ1v) is 8.98. The summed E-state index contributed by atoms with van der Waals surface area (Å²) in [6.45, 7) is 6.15. The predicted molar refractivity (Wildman–Crippen MR) is 107 cm³/mol. The number of nitrogens with one attached hydrogen (secondary N) is 1. The van der Waals surface area contributed by atoms with Crippen LogP contribution in [0.1, 0.15) is 42.3 Å². The van der Waals surface area contributed by atoms with Gasteiger partial charge in [-0.3, -0.25) is 14.9 Å². The minimum Gasteiger partial charge on any atom is -0.496 e. The van der Waals surface area contributed by atoms with E-state index >= 15 is 0 Å². The van der Waals surface area contributed by atoms with Crippen molar-refractivity contribution < 1.29 is 24.4 Å². The van der Waals surface area contributed by atoms with E-state index in [9.17, 15) is 24.8 Å². The highest BCUT2D eigenvalue weighted by Gasteiger charge is 2.24. The van der Waals surface area contributed by atoms with Crippen LogP contribution >= 0.6 is 0 Å². The number of rotatable bonds is 7. The van der Waals surface area contributed by atoms with E-state index in [0.29, 0.717) is 16.9 Å². The maximum absolute atomic E-state index is 12.5. The molecule has 2 N–H and O–H groups in total. The Balaban J connectivity index is 2.23. The Bertz CT molecular complexity index is 916. The maximum Gasteiger partial charge on any atom is 0.326 e. The van der Waals surface area contributed by atoms with Gasteiger partial charge in [-0.1, -0.05) is 32.9 Å². The van der Waals surface area contributed by atoms with Gasteiger partial charge in [0, 0.05) is 29.7 Å². The van der Waals surface area contributed by atoms with Gasteiger partial charge in [-0.2, -0.15) is 0 Å². The zero-order chi connectivity index (χ0) is 21.8. The summed E-state index contributed by atoms with van der Waals surface area (Å²) in [6.07, 6.45) is -0.161. The lowest BCUT2D eigenvalue weighted by molar-refractivity contribution is -0.384. The van der Waals surface area contributed by atoms with E-state index in [1.165, 1.54) is 25.3 Å². The number of nitro benzene ring substituents is 1. The molecule has 0 aliphatic heterocycles. The van der Waals surface area contributed by atoms with Gasteiger partial charge < -0.3 is 15.2 Å². The normalized spacial score (nSPS) is 12.1. The fourth-order valence-electron chi connectivity index (χ4n) is 2.82. The van der Waals surface area contributed by atoms with Crippen LogP contribution in [0.5, 0.6) is 5.75 Å². The molecule has 0 saturated heterocycles. The first-order valence-electron chi connectivity index (χ1n) is 8.98. The summed E-state index contributed by atoms with van der Waals surface area (Å²) >= 11 is 0. The summed E-state index contributed by atoms with van der Waals surface area (Å²) in [6, 6.07) is 9.58. The van der Waals surface area contributed by atoms with Gasteiger partial charge in [-0.25, -0.2) is 4.79 Å². The molecule has 0 radical (unpaired) electrons. The van der Waals surface area contributed by atoms with Crippen LogP contribution in [0.25, 0.3) is 0 Å². The Morgan fingerprint density at radius 1 is 1.17 bits per heavy atom. The van der Waals surface area contributed by atoms with Crippen LogP contribution in [0.3, 0.4) is 0 Å². The highest BCUT2D eigenvalue weighted by atomic mass is 16.6. The molecule has 154 valence electrons. The molecule has 0 unspecified atom stereocenters. The Morgan fingerprint density at radius 2 is 1.79 bits per heavy atom. The van der Waals surface area contributed by atoms with Crippen molar-refractivity contribution in [3.05, 3.63) is 69.3 Å².